The van der Waals surface area contributed by atoms with Gasteiger partial charge in [-0.15, -0.1) is 0 Å². The molecule has 0 saturated carbocycles. The number of primary amides is 1. The number of carbonyl (C=O) groups excluding carboxylic acids is 1. The summed E-state index contributed by atoms with van der Waals surface area (Å²) >= 11 is 0. The van der Waals surface area contributed by atoms with Crippen LogP contribution in [0.4, 0.5) is 0 Å². The quantitative estimate of drug-likeness (QED) is 0.731. The molecule has 3 saturated heterocycles. The van der Waals surface area contributed by atoms with Crippen LogP contribution >= 0.6 is 0 Å². The van der Waals surface area contributed by atoms with Gasteiger partial charge in [0, 0.05) is 6.54 Å². The fourth-order valence-corrected chi connectivity index (χ4v) is 4.44. The largest absolute Gasteiger partial charge is 0.481 e. The summed E-state index contributed by atoms with van der Waals surface area (Å²) in [5, 5.41) is 10.00. The van der Waals surface area contributed by atoms with Gasteiger partial charge in [0.05, 0.1) is 25.4 Å². The van der Waals surface area contributed by atoms with Crippen molar-refractivity contribution in [2.75, 3.05) is 26.3 Å². The van der Waals surface area contributed by atoms with Crippen molar-refractivity contribution in [1.29, 1.82) is 0 Å². The minimum absolute atomic E-state index is 0.200. The van der Waals surface area contributed by atoms with Crippen molar-refractivity contribution in [2.45, 2.75) is 43.9 Å². The molecule has 4 unspecified atom stereocenters. The number of ether oxygens (including phenoxy) is 2. The predicted molar refractivity (Wildman–Crippen MR) is 72.6 cm³/mol. The zero-order chi connectivity index (χ0) is 15.3. The highest BCUT2D eigenvalue weighted by molar-refractivity contribution is 5.94. The van der Waals surface area contributed by atoms with Gasteiger partial charge in [0.2, 0.25) is 0 Å². The van der Waals surface area contributed by atoms with Crippen LogP contribution in [0.25, 0.3) is 0 Å². The van der Waals surface area contributed by atoms with Gasteiger partial charge in [0.25, 0.3) is 5.91 Å². The number of likely N-dealkylation sites (N-methyl/N-ethyl adjacent to an activating group) is 1. The Morgan fingerprint density at radius 3 is 2.81 bits per heavy atom. The topological polar surface area (TPSA) is 102 Å². The van der Waals surface area contributed by atoms with Gasteiger partial charge < -0.3 is 20.3 Å². The van der Waals surface area contributed by atoms with Crippen LogP contribution in [0.2, 0.25) is 0 Å². The monoisotopic (exact) mass is 298 g/mol. The highest BCUT2D eigenvalue weighted by atomic mass is 16.5. The summed E-state index contributed by atoms with van der Waals surface area (Å²) in [5.74, 6) is -1.66. The van der Waals surface area contributed by atoms with Crippen molar-refractivity contribution in [3.63, 3.8) is 0 Å². The molecule has 3 fully saturated rings. The fourth-order valence-electron chi connectivity index (χ4n) is 4.44. The molecule has 4 atom stereocenters. The normalized spacial score (nSPS) is 43.1. The Balaban J connectivity index is 2.08. The second kappa shape index (κ2) is 4.93. The van der Waals surface area contributed by atoms with Gasteiger partial charge in [-0.3, -0.25) is 14.5 Å². The van der Waals surface area contributed by atoms with Crippen LogP contribution in [0.5, 0.6) is 0 Å². The molecule has 7 heteroatoms. The Labute approximate surface area is 123 Å². The van der Waals surface area contributed by atoms with Crippen molar-refractivity contribution < 1.29 is 24.2 Å². The van der Waals surface area contributed by atoms with Gasteiger partial charge >= 0.3 is 5.97 Å². The molecule has 0 radical (unpaired) electrons. The molecule has 3 heterocycles. The molecule has 0 aliphatic carbocycles. The van der Waals surface area contributed by atoms with Crippen LogP contribution < -0.4 is 5.73 Å². The molecule has 3 aliphatic heterocycles. The molecule has 0 aromatic carbocycles. The van der Waals surface area contributed by atoms with E-state index in [9.17, 15) is 14.7 Å². The lowest BCUT2D eigenvalue weighted by Gasteiger charge is -2.49. The van der Waals surface area contributed by atoms with Crippen LogP contribution in [0, 0.1) is 5.41 Å². The molecule has 0 spiro atoms. The van der Waals surface area contributed by atoms with Crippen LogP contribution in [0.15, 0.2) is 0 Å². The van der Waals surface area contributed by atoms with E-state index < -0.39 is 22.9 Å². The van der Waals surface area contributed by atoms with E-state index in [-0.39, 0.29) is 12.1 Å². The zero-order valence-electron chi connectivity index (χ0n) is 12.2. The van der Waals surface area contributed by atoms with E-state index in [4.69, 9.17) is 15.2 Å². The molecule has 1 amide bonds. The molecular weight excluding hydrogens is 276 g/mol. The molecule has 0 aromatic heterocycles. The van der Waals surface area contributed by atoms with E-state index in [1.807, 2.05) is 6.92 Å². The highest BCUT2D eigenvalue weighted by Gasteiger charge is 2.74. The third kappa shape index (κ3) is 1.77. The number of hydrogen-bond acceptors (Lipinski definition) is 5. The van der Waals surface area contributed by atoms with Crippen LogP contribution in [-0.2, 0) is 19.1 Å². The number of carbonyl (C=O) groups is 2. The zero-order valence-corrected chi connectivity index (χ0v) is 12.2. The van der Waals surface area contributed by atoms with Gasteiger partial charge in [-0.05, 0) is 25.8 Å². The fraction of sp³-hybridized carbons (Fsp3) is 0.857. The number of nitrogens with zero attached hydrogens (tertiary/aromatic N) is 1. The average molecular weight is 298 g/mol. The second-order valence-electron chi connectivity index (χ2n) is 6.17. The smallest absolute Gasteiger partial charge is 0.314 e. The first-order valence-corrected chi connectivity index (χ1v) is 7.51. The number of aliphatic carboxylic acids is 1. The number of morpholine rings is 1. The average Bonchev–Trinajstić information content (AvgIpc) is 3.05. The number of fused-ring (bicyclic) bond motifs is 2. The van der Waals surface area contributed by atoms with Crippen LogP contribution in [0.3, 0.4) is 0 Å². The van der Waals surface area contributed by atoms with Crippen molar-refractivity contribution in [2.24, 2.45) is 11.1 Å². The predicted octanol–water partition coefficient (Wildman–Crippen LogP) is -0.415. The standard InChI is InChI=1S/C14H22N2O5/c1-2-16-5-6-20-8-10(16)13(12(18)19)7-9-3-4-14(13,21-9)11(15)17/h9-10H,2-8H2,1H3,(H2,15,17)(H,18,19). The van der Waals surface area contributed by atoms with Crippen molar-refractivity contribution in [1.82, 2.24) is 4.90 Å². The minimum atomic E-state index is -1.40. The van der Waals surface area contributed by atoms with Crippen molar-refractivity contribution in [3.05, 3.63) is 0 Å². The third-order valence-electron chi connectivity index (χ3n) is 5.45. The van der Waals surface area contributed by atoms with E-state index in [0.717, 1.165) is 0 Å². The Morgan fingerprint density at radius 2 is 2.24 bits per heavy atom. The molecule has 3 rings (SSSR count). The maximum Gasteiger partial charge on any atom is 0.314 e. The SMILES string of the molecule is CCN1CCOCC1C1(C(=O)O)CC2CCC1(C(N)=O)O2. The molecule has 118 valence electrons. The van der Waals surface area contributed by atoms with Crippen LogP contribution in [-0.4, -0.2) is 65.9 Å². The molecule has 7 nitrogen and oxygen atoms in total. The first kappa shape index (κ1) is 14.7. The van der Waals surface area contributed by atoms with Gasteiger partial charge in [0.1, 0.15) is 5.41 Å². The van der Waals surface area contributed by atoms with E-state index in [0.29, 0.717) is 45.6 Å². The van der Waals surface area contributed by atoms with Gasteiger partial charge in [-0.25, -0.2) is 0 Å². The summed E-state index contributed by atoms with van der Waals surface area (Å²) in [6.45, 7) is 4.23. The Bertz CT molecular complexity index is 470. The number of carboxylic acid groups (broad SMARTS) is 1. The lowest BCUT2D eigenvalue weighted by Crippen LogP contribution is -2.68. The highest BCUT2D eigenvalue weighted by Crippen LogP contribution is 2.58. The van der Waals surface area contributed by atoms with E-state index in [1.165, 1.54) is 0 Å². The molecule has 21 heavy (non-hydrogen) atoms. The number of rotatable bonds is 4. The van der Waals surface area contributed by atoms with E-state index in [1.54, 1.807) is 0 Å². The molecule has 2 bridgehead atoms. The Morgan fingerprint density at radius 1 is 1.48 bits per heavy atom. The maximum atomic E-state index is 12.2. The summed E-state index contributed by atoms with van der Waals surface area (Å²) in [7, 11) is 0. The van der Waals surface area contributed by atoms with Gasteiger partial charge in [0.15, 0.2) is 5.60 Å². The maximum absolute atomic E-state index is 12.2. The molecule has 3 aliphatic rings. The summed E-state index contributed by atoms with van der Waals surface area (Å²) in [4.78, 5) is 26.4. The van der Waals surface area contributed by atoms with Crippen molar-refractivity contribution in [3.8, 4) is 0 Å². The van der Waals surface area contributed by atoms with E-state index >= 15 is 0 Å². The molecule has 0 aromatic rings. The lowest BCUT2D eigenvalue weighted by molar-refractivity contribution is -0.183. The number of carboxylic acids is 1. The van der Waals surface area contributed by atoms with Crippen molar-refractivity contribution >= 4 is 11.9 Å². The van der Waals surface area contributed by atoms with Crippen LogP contribution in [0.1, 0.15) is 26.2 Å². The number of nitrogens with two attached hydrogens (primary N) is 1. The van der Waals surface area contributed by atoms with E-state index in [2.05, 4.69) is 4.90 Å². The third-order valence-corrected chi connectivity index (χ3v) is 5.45. The number of hydrogen-bond donors (Lipinski definition) is 2. The second-order valence-corrected chi connectivity index (χ2v) is 6.17. The Hall–Kier alpha value is -1.18. The summed E-state index contributed by atoms with van der Waals surface area (Å²) in [5.41, 5.74) is 2.88. The summed E-state index contributed by atoms with van der Waals surface area (Å²) in [6, 6.07) is -0.383. The van der Waals surface area contributed by atoms with Gasteiger partial charge in [-0.1, -0.05) is 6.92 Å². The molecular formula is C14H22N2O5. The Kier molecular flexibility index (Phi) is 3.46. The van der Waals surface area contributed by atoms with Gasteiger partial charge in [-0.2, -0.15) is 0 Å². The molecule has 3 N–H and O–H groups in total. The summed E-state index contributed by atoms with van der Waals surface area (Å²) in [6.07, 6.45) is 1.20. The first-order valence-electron chi connectivity index (χ1n) is 7.51. The summed E-state index contributed by atoms with van der Waals surface area (Å²) < 4.78 is 11.3. The first-order chi connectivity index (χ1) is 9.98. The minimum Gasteiger partial charge on any atom is -0.481 e. The lowest BCUT2D eigenvalue weighted by atomic mass is 9.60. The number of amides is 1.